The Bertz CT molecular complexity index is 528. The van der Waals surface area contributed by atoms with E-state index in [2.05, 4.69) is 52.8 Å². The van der Waals surface area contributed by atoms with Gasteiger partial charge in [0.15, 0.2) is 0 Å². The summed E-state index contributed by atoms with van der Waals surface area (Å²) in [6.07, 6.45) is 1.77. The molecule has 0 unspecified atom stereocenters. The van der Waals surface area contributed by atoms with E-state index in [1.807, 2.05) is 30.3 Å². The number of benzene rings is 1. The Kier molecular flexibility index (Phi) is 5.21. The number of halogens is 3. The minimum absolute atomic E-state index is 0.454. The lowest BCUT2D eigenvalue weighted by molar-refractivity contribution is 0.297. The van der Waals surface area contributed by atoms with Gasteiger partial charge in [0.05, 0.1) is 10.2 Å². The minimum atomic E-state index is 0.454. The second-order valence-electron chi connectivity index (χ2n) is 3.62. The van der Waals surface area contributed by atoms with Crippen LogP contribution in [0.3, 0.4) is 0 Å². The number of hydrogen-bond donors (Lipinski definition) is 0. The van der Waals surface area contributed by atoms with Gasteiger partial charge in [0.2, 0.25) is 0 Å². The molecule has 0 N–H and O–H groups in total. The molecule has 1 aromatic heterocycles. The summed E-state index contributed by atoms with van der Waals surface area (Å²) in [7, 11) is 0. The summed E-state index contributed by atoms with van der Waals surface area (Å²) in [4.78, 5) is 4.28. The summed E-state index contributed by atoms with van der Waals surface area (Å²) in [5, 5.41) is 0.759. The van der Waals surface area contributed by atoms with Crippen LogP contribution in [0.25, 0.3) is 0 Å². The lowest BCUT2D eigenvalue weighted by atomic mass is 10.2. The normalized spacial score (nSPS) is 10.4. The van der Waals surface area contributed by atoms with Gasteiger partial charge in [-0.3, -0.25) is 4.98 Å². The highest BCUT2D eigenvalue weighted by Gasteiger charge is 2.07. The van der Waals surface area contributed by atoms with Crippen LogP contribution in [0.5, 0.6) is 5.75 Å². The molecule has 0 spiro atoms. The van der Waals surface area contributed by atoms with E-state index in [1.165, 1.54) is 0 Å². The van der Waals surface area contributed by atoms with Crippen molar-refractivity contribution < 1.29 is 4.74 Å². The second-order valence-corrected chi connectivity index (χ2v) is 5.95. The van der Waals surface area contributed by atoms with Crippen LogP contribution in [0.2, 0.25) is 0 Å². The van der Waals surface area contributed by atoms with Crippen molar-refractivity contribution in [2.45, 2.75) is 11.9 Å². The maximum absolute atomic E-state index is 5.83. The molecule has 0 aliphatic carbocycles. The van der Waals surface area contributed by atoms with Crippen LogP contribution < -0.4 is 4.74 Å². The summed E-state index contributed by atoms with van der Waals surface area (Å²) in [6, 6.07) is 9.89. The third kappa shape index (κ3) is 3.56. The molecule has 18 heavy (non-hydrogen) atoms. The van der Waals surface area contributed by atoms with Gasteiger partial charge in [-0.05, 0) is 50.1 Å². The summed E-state index contributed by atoms with van der Waals surface area (Å²) in [5.74, 6) is 0.860. The van der Waals surface area contributed by atoms with Crippen molar-refractivity contribution >= 4 is 47.8 Å². The Morgan fingerprint density at radius 2 is 1.94 bits per heavy atom. The summed E-state index contributed by atoms with van der Waals surface area (Å²) < 4.78 is 7.75. The third-order valence-electron chi connectivity index (χ3n) is 2.35. The molecule has 0 fully saturated rings. The molecule has 94 valence electrons. The maximum Gasteiger partial charge on any atom is 0.138 e. The quantitative estimate of drug-likeness (QED) is 0.625. The molecule has 2 nitrogen and oxygen atoms in total. The molecule has 1 heterocycles. The number of nitrogens with zero attached hydrogens (tertiary/aromatic N) is 1. The molecular formula is C13H10Br3NO. The summed E-state index contributed by atoms with van der Waals surface area (Å²) in [5.41, 5.74) is 2.01. The van der Waals surface area contributed by atoms with Crippen LogP contribution in [-0.4, -0.2) is 4.98 Å². The van der Waals surface area contributed by atoms with Crippen molar-refractivity contribution in [1.82, 2.24) is 4.98 Å². The summed E-state index contributed by atoms with van der Waals surface area (Å²) >= 11 is 10.3. The van der Waals surface area contributed by atoms with E-state index < -0.39 is 0 Å². The summed E-state index contributed by atoms with van der Waals surface area (Å²) in [6.45, 7) is 0.454. The zero-order valence-corrected chi connectivity index (χ0v) is 14.1. The van der Waals surface area contributed by atoms with Gasteiger partial charge in [-0.25, -0.2) is 0 Å². The van der Waals surface area contributed by atoms with E-state index in [-0.39, 0.29) is 0 Å². The molecule has 1 aromatic carbocycles. The predicted molar refractivity (Wildman–Crippen MR) is 83.0 cm³/mol. The monoisotopic (exact) mass is 433 g/mol. The van der Waals surface area contributed by atoms with Gasteiger partial charge in [-0.2, -0.15) is 0 Å². The molecule has 0 radical (unpaired) electrons. The Balaban J connectivity index is 2.12. The van der Waals surface area contributed by atoms with Gasteiger partial charge >= 0.3 is 0 Å². The lowest BCUT2D eigenvalue weighted by Crippen LogP contribution is -2.00. The lowest BCUT2D eigenvalue weighted by Gasteiger charge is -2.11. The first kappa shape index (κ1) is 14.0. The Morgan fingerprint density at radius 3 is 2.61 bits per heavy atom. The number of alkyl halides is 1. The van der Waals surface area contributed by atoms with Crippen molar-refractivity contribution in [3.05, 3.63) is 56.7 Å². The van der Waals surface area contributed by atoms with Crippen molar-refractivity contribution in [1.29, 1.82) is 0 Å². The smallest absolute Gasteiger partial charge is 0.138 e. The Labute approximate surface area is 131 Å². The average molecular weight is 436 g/mol. The molecular weight excluding hydrogens is 426 g/mol. The van der Waals surface area contributed by atoms with E-state index in [0.717, 1.165) is 31.3 Å². The number of para-hydroxylation sites is 1. The number of ether oxygens (including phenoxy) is 1. The highest BCUT2D eigenvalue weighted by atomic mass is 79.9. The van der Waals surface area contributed by atoms with E-state index in [1.54, 1.807) is 6.20 Å². The number of hydrogen-bond acceptors (Lipinski definition) is 2. The van der Waals surface area contributed by atoms with Crippen molar-refractivity contribution in [2.24, 2.45) is 0 Å². The van der Waals surface area contributed by atoms with Crippen LogP contribution in [0, 0.1) is 0 Å². The molecule has 0 saturated carbocycles. The molecule has 2 aromatic rings. The average Bonchev–Trinajstić information content (AvgIpc) is 2.39. The van der Waals surface area contributed by atoms with Crippen molar-refractivity contribution in [2.75, 3.05) is 0 Å². The SMILES string of the molecule is BrCc1cccc(Br)c1OCc1ccc(Br)cn1. The molecule has 0 bridgehead atoms. The van der Waals surface area contributed by atoms with E-state index in [0.29, 0.717) is 6.61 Å². The van der Waals surface area contributed by atoms with Gasteiger partial charge in [-0.15, -0.1) is 0 Å². The molecule has 0 atom stereocenters. The fraction of sp³-hybridized carbons (Fsp3) is 0.154. The molecule has 0 aliphatic heterocycles. The number of rotatable bonds is 4. The van der Waals surface area contributed by atoms with Gasteiger partial charge in [0, 0.05) is 21.6 Å². The standard InChI is InChI=1S/C13H10Br3NO/c14-6-9-2-1-3-12(16)13(9)18-8-11-5-4-10(15)7-17-11/h1-5,7H,6,8H2. The van der Waals surface area contributed by atoms with Gasteiger partial charge in [-0.1, -0.05) is 28.1 Å². The third-order valence-corrected chi connectivity index (χ3v) is 4.04. The Morgan fingerprint density at radius 1 is 1.11 bits per heavy atom. The number of pyridine rings is 1. The largest absolute Gasteiger partial charge is 0.486 e. The first-order valence-corrected chi connectivity index (χ1v) is 7.98. The van der Waals surface area contributed by atoms with Crippen LogP contribution in [0.15, 0.2) is 45.5 Å². The molecule has 5 heteroatoms. The van der Waals surface area contributed by atoms with E-state index in [9.17, 15) is 0 Å². The topological polar surface area (TPSA) is 22.1 Å². The molecule has 0 amide bonds. The van der Waals surface area contributed by atoms with Crippen molar-refractivity contribution in [3.8, 4) is 5.75 Å². The fourth-order valence-corrected chi connectivity index (χ4v) is 2.66. The van der Waals surface area contributed by atoms with E-state index >= 15 is 0 Å². The second kappa shape index (κ2) is 6.68. The van der Waals surface area contributed by atoms with E-state index in [4.69, 9.17) is 4.74 Å². The molecule has 0 saturated heterocycles. The van der Waals surface area contributed by atoms with Crippen LogP contribution >= 0.6 is 47.8 Å². The van der Waals surface area contributed by atoms with Crippen LogP contribution in [0.1, 0.15) is 11.3 Å². The van der Waals surface area contributed by atoms with Crippen molar-refractivity contribution in [3.63, 3.8) is 0 Å². The fourth-order valence-electron chi connectivity index (χ4n) is 1.46. The minimum Gasteiger partial charge on any atom is -0.486 e. The molecule has 2 rings (SSSR count). The Hall–Kier alpha value is -0.390. The first-order valence-electron chi connectivity index (χ1n) is 5.27. The highest BCUT2D eigenvalue weighted by molar-refractivity contribution is 9.11. The maximum atomic E-state index is 5.83. The predicted octanol–water partition coefficient (Wildman–Crippen LogP) is 5.08. The zero-order valence-electron chi connectivity index (χ0n) is 9.37. The number of aromatic nitrogens is 1. The van der Waals surface area contributed by atoms with Gasteiger partial charge in [0.1, 0.15) is 12.4 Å². The van der Waals surface area contributed by atoms with Crippen LogP contribution in [-0.2, 0) is 11.9 Å². The zero-order chi connectivity index (χ0) is 13.0. The van der Waals surface area contributed by atoms with Gasteiger partial charge in [0.25, 0.3) is 0 Å². The van der Waals surface area contributed by atoms with Gasteiger partial charge < -0.3 is 4.74 Å². The van der Waals surface area contributed by atoms with Crippen LogP contribution in [0.4, 0.5) is 0 Å². The molecule has 0 aliphatic rings. The highest BCUT2D eigenvalue weighted by Crippen LogP contribution is 2.31. The first-order chi connectivity index (χ1) is 8.70.